The van der Waals surface area contributed by atoms with Gasteiger partial charge in [-0.1, -0.05) is 11.3 Å². The van der Waals surface area contributed by atoms with Gasteiger partial charge >= 0.3 is 0 Å². The fourth-order valence-corrected chi connectivity index (χ4v) is 2.65. The molecule has 0 spiro atoms. The Balaban J connectivity index is 1.86. The highest BCUT2D eigenvalue weighted by Crippen LogP contribution is 2.20. The van der Waals surface area contributed by atoms with Crippen LogP contribution in [0.2, 0.25) is 0 Å². The molecule has 0 atom stereocenters. The Hall–Kier alpha value is -2.22. The Labute approximate surface area is 119 Å². The van der Waals surface area contributed by atoms with Crippen LogP contribution in [0.3, 0.4) is 0 Å². The molecule has 104 valence electrons. The summed E-state index contributed by atoms with van der Waals surface area (Å²) in [4.78, 5) is 21.8. The molecule has 0 aliphatic rings. The summed E-state index contributed by atoms with van der Waals surface area (Å²) in [6.45, 7) is 5.99. The number of nitrogens with one attached hydrogen (secondary N) is 1. The molecule has 0 saturated carbocycles. The van der Waals surface area contributed by atoms with E-state index in [-0.39, 0.29) is 11.4 Å². The SMILES string of the molecule is CC(C)(C)n1ncnc1NC(=O)c1cn2ccnc2s1. The van der Waals surface area contributed by atoms with Crippen molar-refractivity contribution < 1.29 is 4.79 Å². The van der Waals surface area contributed by atoms with Gasteiger partial charge in [-0.05, 0) is 20.8 Å². The van der Waals surface area contributed by atoms with E-state index in [1.54, 1.807) is 23.3 Å². The first-order valence-electron chi connectivity index (χ1n) is 6.09. The molecular weight excluding hydrogens is 276 g/mol. The Morgan fingerprint density at radius 1 is 1.35 bits per heavy atom. The van der Waals surface area contributed by atoms with Crippen molar-refractivity contribution >= 4 is 28.2 Å². The summed E-state index contributed by atoms with van der Waals surface area (Å²) < 4.78 is 3.50. The van der Waals surface area contributed by atoms with Crippen molar-refractivity contribution in [2.75, 3.05) is 5.32 Å². The first kappa shape index (κ1) is 12.8. The Morgan fingerprint density at radius 2 is 2.15 bits per heavy atom. The Bertz CT molecular complexity index is 734. The quantitative estimate of drug-likeness (QED) is 0.783. The molecule has 0 unspecified atom stereocenters. The lowest BCUT2D eigenvalue weighted by molar-refractivity contribution is 0.102. The van der Waals surface area contributed by atoms with Gasteiger partial charge in [0.1, 0.15) is 11.2 Å². The minimum absolute atomic E-state index is 0.209. The molecule has 0 bridgehead atoms. The normalized spacial score (nSPS) is 11.9. The summed E-state index contributed by atoms with van der Waals surface area (Å²) in [5.74, 6) is 0.229. The number of thiazole rings is 1. The summed E-state index contributed by atoms with van der Waals surface area (Å²) in [6.07, 6.45) is 6.69. The van der Waals surface area contributed by atoms with Gasteiger partial charge in [-0.2, -0.15) is 10.1 Å². The molecule has 0 fully saturated rings. The van der Waals surface area contributed by atoms with Crippen molar-refractivity contribution in [3.05, 3.63) is 29.8 Å². The number of nitrogens with zero attached hydrogens (tertiary/aromatic N) is 5. The first-order valence-corrected chi connectivity index (χ1v) is 6.91. The van der Waals surface area contributed by atoms with Gasteiger partial charge in [-0.25, -0.2) is 9.67 Å². The molecule has 3 aromatic rings. The van der Waals surface area contributed by atoms with E-state index in [0.717, 1.165) is 4.96 Å². The standard InChI is InChI=1S/C12H14N6OS/c1-12(2,3)18-10(14-7-15-18)16-9(19)8-6-17-5-4-13-11(17)20-8/h4-7H,1-3H3,(H,14,15,16,19). The number of amides is 1. The molecule has 20 heavy (non-hydrogen) atoms. The van der Waals surface area contributed by atoms with Crippen LogP contribution in [0.1, 0.15) is 30.4 Å². The number of aromatic nitrogens is 5. The number of carbonyl (C=O) groups is 1. The Kier molecular flexibility index (Phi) is 2.82. The van der Waals surface area contributed by atoms with Crippen LogP contribution in [0.25, 0.3) is 4.96 Å². The van der Waals surface area contributed by atoms with E-state index in [1.807, 2.05) is 25.2 Å². The van der Waals surface area contributed by atoms with Gasteiger partial charge in [-0.15, -0.1) is 0 Å². The predicted molar refractivity (Wildman–Crippen MR) is 76.0 cm³/mol. The van der Waals surface area contributed by atoms with Crippen molar-refractivity contribution in [2.24, 2.45) is 0 Å². The molecule has 8 heteroatoms. The summed E-state index contributed by atoms with van der Waals surface area (Å²) in [5, 5.41) is 6.93. The summed E-state index contributed by atoms with van der Waals surface area (Å²) >= 11 is 1.33. The van der Waals surface area contributed by atoms with E-state index in [2.05, 4.69) is 20.4 Å². The van der Waals surface area contributed by atoms with Crippen LogP contribution in [0, 0.1) is 0 Å². The van der Waals surface area contributed by atoms with E-state index in [9.17, 15) is 4.79 Å². The molecule has 3 aromatic heterocycles. The highest BCUT2D eigenvalue weighted by molar-refractivity contribution is 7.18. The predicted octanol–water partition coefficient (Wildman–Crippen LogP) is 1.99. The highest BCUT2D eigenvalue weighted by atomic mass is 32.1. The van der Waals surface area contributed by atoms with Crippen molar-refractivity contribution in [3.63, 3.8) is 0 Å². The fourth-order valence-electron chi connectivity index (χ4n) is 1.81. The fraction of sp³-hybridized carbons (Fsp3) is 0.333. The number of imidazole rings is 1. The Morgan fingerprint density at radius 3 is 2.85 bits per heavy atom. The molecule has 0 aliphatic heterocycles. The average Bonchev–Trinajstić information content (AvgIpc) is 3.00. The zero-order chi connectivity index (χ0) is 14.3. The maximum absolute atomic E-state index is 12.2. The second kappa shape index (κ2) is 4.41. The second-order valence-electron chi connectivity index (χ2n) is 5.33. The van der Waals surface area contributed by atoms with Crippen LogP contribution in [0.5, 0.6) is 0 Å². The van der Waals surface area contributed by atoms with E-state index >= 15 is 0 Å². The van der Waals surface area contributed by atoms with Crippen LogP contribution in [0.15, 0.2) is 24.9 Å². The van der Waals surface area contributed by atoms with Crippen LogP contribution in [-0.2, 0) is 5.54 Å². The maximum Gasteiger partial charge on any atom is 0.269 e. The van der Waals surface area contributed by atoms with Gasteiger partial charge in [0, 0.05) is 18.6 Å². The van der Waals surface area contributed by atoms with Crippen LogP contribution in [-0.4, -0.2) is 30.1 Å². The van der Waals surface area contributed by atoms with Gasteiger partial charge in [0.2, 0.25) is 5.95 Å². The number of hydrogen-bond donors (Lipinski definition) is 1. The third kappa shape index (κ3) is 2.18. The van der Waals surface area contributed by atoms with Gasteiger partial charge in [-0.3, -0.25) is 14.5 Å². The van der Waals surface area contributed by atoms with Crippen LogP contribution in [0.4, 0.5) is 5.95 Å². The lowest BCUT2D eigenvalue weighted by Crippen LogP contribution is -2.26. The van der Waals surface area contributed by atoms with Gasteiger partial charge < -0.3 is 0 Å². The largest absolute Gasteiger partial charge is 0.297 e. The zero-order valence-corrected chi connectivity index (χ0v) is 12.2. The maximum atomic E-state index is 12.2. The van der Waals surface area contributed by atoms with E-state index < -0.39 is 0 Å². The summed E-state index contributed by atoms with van der Waals surface area (Å²) in [6, 6.07) is 0. The van der Waals surface area contributed by atoms with Crippen molar-refractivity contribution in [2.45, 2.75) is 26.3 Å². The van der Waals surface area contributed by atoms with Crippen LogP contribution >= 0.6 is 11.3 Å². The number of carbonyl (C=O) groups excluding carboxylic acids is 1. The minimum atomic E-state index is -0.247. The molecule has 0 saturated heterocycles. The van der Waals surface area contributed by atoms with Gasteiger partial charge in [0.15, 0.2) is 4.96 Å². The number of hydrogen-bond acceptors (Lipinski definition) is 5. The summed E-state index contributed by atoms with van der Waals surface area (Å²) in [7, 11) is 0. The number of fused-ring (bicyclic) bond motifs is 1. The molecule has 0 aromatic carbocycles. The molecule has 3 heterocycles. The smallest absolute Gasteiger partial charge is 0.269 e. The van der Waals surface area contributed by atoms with Gasteiger partial charge in [0.25, 0.3) is 5.91 Å². The van der Waals surface area contributed by atoms with E-state index in [4.69, 9.17) is 0 Å². The number of rotatable bonds is 2. The molecule has 3 rings (SSSR count). The topological polar surface area (TPSA) is 77.1 Å². The van der Waals surface area contributed by atoms with Crippen molar-refractivity contribution in [1.29, 1.82) is 0 Å². The van der Waals surface area contributed by atoms with Gasteiger partial charge in [0.05, 0.1) is 5.54 Å². The molecule has 1 amide bonds. The second-order valence-corrected chi connectivity index (χ2v) is 6.34. The molecule has 0 aliphatic carbocycles. The first-order chi connectivity index (χ1) is 9.45. The zero-order valence-electron chi connectivity index (χ0n) is 11.4. The average molecular weight is 290 g/mol. The summed E-state index contributed by atoms with van der Waals surface area (Å²) in [5.41, 5.74) is -0.247. The van der Waals surface area contributed by atoms with E-state index in [0.29, 0.717) is 10.8 Å². The number of anilines is 1. The lowest BCUT2D eigenvalue weighted by Gasteiger charge is -2.20. The van der Waals surface area contributed by atoms with Crippen LogP contribution < -0.4 is 5.32 Å². The third-order valence-electron chi connectivity index (χ3n) is 2.72. The van der Waals surface area contributed by atoms with E-state index in [1.165, 1.54) is 17.7 Å². The third-order valence-corrected chi connectivity index (χ3v) is 3.73. The molecule has 0 radical (unpaired) electrons. The highest BCUT2D eigenvalue weighted by Gasteiger charge is 2.21. The molecular formula is C12H14N6OS. The lowest BCUT2D eigenvalue weighted by atomic mass is 10.1. The monoisotopic (exact) mass is 290 g/mol. The van der Waals surface area contributed by atoms with Crippen molar-refractivity contribution in [3.8, 4) is 0 Å². The minimum Gasteiger partial charge on any atom is -0.297 e. The molecule has 1 N–H and O–H groups in total. The molecule has 7 nitrogen and oxygen atoms in total. The van der Waals surface area contributed by atoms with Crippen molar-refractivity contribution in [1.82, 2.24) is 24.1 Å².